The number of allylic oxidation sites excluding steroid dienone is 1. The van der Waals surface area contributed by atoms with Crippen molar-refractivity contribution < 1.29 is 28.4 Å². The number of unbranched alkanes of at least 4 members (excludes halogenated alkanes) is 22. The van der Waals surface area contributed by atoms with Crippen molar-refractivity contribution in [2.45, 2.75) is 187 Å². The zero-order chi connectivity index (χ0) is 32.6. The molecule has 44 heavy (non-hydrogen) atoms. The minimum absolute atomic E-state index is 0.0809. The van der Waals surface area contributed by atoms with E-state index in [1.54, 1.807) is 6.08 Å². The first-order valence-corrected chi connectivity index (χ1v) is 19.8. The smallest absolute Gasteiger partial charge is 0.387 e. The summed E-state index contributed by atoms with van der Waals surface area (Å²) in [7, 11) is -4.32. The molecule has 0 aliphatic rings. The van der Waals surface area contributed by atoms with Gasteiger partial charge in [0, 0.05) is 13.0 Å². The van der Waals surface area contributed by atoms with Crippen LogP contribution in [0.3, 0.4) is 0 Å². The molecule has 1 unspecified atom stereocenters. The normalized spacial score (nSPS) is 14.6. The van der Waals surface area contributed by atoms with E-state index < -0.39 is 20.0 Å². The van der Waals surface area contributed by atoms with Crippen molar-refractivity contribution in [1.29, 1.82) is 0 Å². The van der Waals surface area contributed by atoms with Gasteiger partial charge in [0.2, 0.25) is 5.91 Å². The fourth-order valence-corrected chi connectivity index (χ4v) is 6.07. The predicted octanol–water partition coefficient (Wildman–Crippen LogP) is 9.27. The van der Waals surface area contributed by atoms with Crippen LogP contribution in [-0.2, 0) is 18.4 Å². The Morgan fingerprint density at radius 1 is 0.727 bits per heavy atom. The monoisotopic (exact) mass is 647 g/mol. The van der Waals surface area contributed by atoms with E-state index >= 15 is 0 Å². The van der Waals surface area contributed by atoms with Crippen molar-refractivity contribution in [3.8, 4) is 0 Å². The number of aliphatic hydroxyl groups excluding tert-OH is 1. The Balaban J connectivity index is 4.33. The van der Waals surface area contributed by atoms with Crippen LogP contribution < -0.4 is 11.1 Å². The number of phosphoric acid groups is 1. The fourth-order valence-electron chi connectivity index (χ4n) is 5.31. The minimum atomic E-state index is -4.32. The van der Waals surface area contributed by atoms with Crippen molar-refractivity contribution in [3.05, 3.63) is 12.2 Å². The molecule has 0 saturated carbocycles. The lowest BCUT2D eigenvalue weighted by Crippen LogP contribution is -2.45. The van der Waals surface area contributed by atoms with Crippen LogP contribution >= 0.6 is 7.82 Å². The summed E-state index contributed by atoms with van der Waals surface area (Å²) >= 11 is 0. The fraction of sp³-hybridized carbons (Fsp3) is 0.914. The topological polar surface area (TPSA) is 131 Å². The Labute approximate surface area is 271 Å². The number of hydrogen-bond acceptors (Lipinski definition) is 6. The molecule has 0 spiro atoms. The second-order valence-electron chi connectivity index (χ2n) is 12.4. The molecular weight excluding hydrogens is 575 g/mol. The molecule has 0 aromatic heterocycles. The van der Waals surface area contributed by atoms with Gasteiger partial charge in [0.25, 0.3) is 0 Å². The number of amides is 1. The lowest BCUT2D eigenvalue weighted by atomic mass is 10.0. The van der Waals surface area contributed by atoms with Crippen LogP contribution in [0.4, 0.5) is 0 Å². The van der Waals surface area contributed by atoms with Gasteiger partial charge < -0.3 is 21.1 Å². The average Bonchev–Trinajstić information content (AvgIpc) is 3.01. The van der Waals surface area contributed by atoms with Gasteiger partial charge in [0.05, 0.1) is 25.4 Å². The Morgan fingerprint density at radius 3 is 1.61 bits per heavy atom. The predicted molar refractivity (Wildman–Crippen MR) is 185 cm³/mol. The van der Waals surface area contributed by atoms with Gasteiger partial charge in [-0.15, -0.1) is 0 Å². The Bertz CT molecular complexity index is 709. The van der Waals surface area contributed by atoms with Gasteiger partial charge in [-0.1, -0.05) is 161 Å². The van der Waals surface area contributed by atoms with Crippen LogP contribution in [0.2, 0.25) is 0 Å². The van der Waals surface area contributed by atoms with E-state index in [1.807, 2.05) is 6.08 Å². The van der Waals surface area contributed by atoms with Gasteiger partial charge in [-0.2, -0.15) is 0 Å². The third-order valence-corrected chi connectivity index (χ3v) is 9.10. The Morgan fingerprint density at radius 2 is 1.16 bits per heavy atom. The van der Waals surface area contributed by atoms with E-state index in [0.29, 0.717) is 6.42 Å². The maximum absolute atomic E-state index is 12.6. The van der Waals surface area contributed by atoms with E-state index in [-0.39, 0.29) is 25.7 Å². The quantitative estimate of drug-likeness (QED) is 0.0311. The number of nitrogens with two attached hydrogens (primary N) is 1. The standard InChI is InChI=1S/C35H71N2O6P/c1-3-5-7-9-11-13-15-17-19-21-23-25-27-29-35(39)37-33(32-43-44(40,41)42-31-30-36)34(38)28-26-24-22-20-18-16-14-12-10-8-6-4-2/h26,28,33-34,38H,3-25,27,29-32,36H2,1-2H3,(H,37,39)(H,40,41)/b28-26+/t33-,34+/m0/s1. The van der Waals surface area contributed by atoms with E-state index in [9.17, 15) is 19.4 Å². The van der Waals surface area contributed by atoms with E-state index in [4.69, 9.17) is 14.8 Å². The first-order chi connectivity index (χ1) is 21.4. The number of rotatable bonds is 34. The number of hydrogen-bond donors (Lipinski definition) is 4. The molecule has 0 aliphatic heterocycles. The molecule has 0 fully saturated rings. The number of phosphoric ester groups is 1. The highest BCUT2D eigenvalue weighted by atomic mass is 31.2. The minimum Gasteiger partial charge on any atom is -0.387 e. The first-order valence-electron chi connectivity index (χ1n) is 18.3. The summed E-state index contributed by atoms with van der Waals surface area (Å²) in [6, 6.07) is -0.851. The molecule has 5 N–H and O–H groups in total. The zero-order valence-electron chi connectivity index (χ0n) is 28.7. The van der Waals surface area contributed by atoms with Crippen molar-refractivity contribution in [1.82, 2.24) is 5.32 Å². The highest BCUT2D eigenvalue weighted by Gasteiger charge is 2.26. The summed E-state index contributed by atoms with van der Waals surface area (Å²) in [5, 5.41) is 13.6. The lowest BCUT2D eigenvalue weighted by molar-refractivity contribution is -0.123. The average molecular weight is 647 g/mol. The Kier molecular flexibility index (Phi) is 31.6. The maximum atomic E-state index is 12.6. The van der Waals surface area contributed by atoms with Crippen LogP contribution in [0, 0.1) is 0 Å². The second kappa shape index (κ2) is 32.2. The van der Waals surface area contributed by atoms with E-state index in [2.05, 4.69) is 19.2 Å². The van der Waals surface area contributed by atoms with Gasteiger partial charge in [-0.25, -0.2) is 4.57 Å². The van der Waals surface area contributed by atoms with Gasteiger partial charge >= 0.3 is 7.82 Å². The molecule has 0 aromatic carbocycles. The van der Waals surface area contributed by atoms with Crippen LogP contribution in [0.15, 0.2) is 12.2 Å². The van der Waals surface area contributed by atoms with Crippen LogP contribution in [0.25, 0.3) is 0 Å². The number of nitrogens with one attached hydrogen (secondary N) is 1. The molecule has 1 amide bonds. The second-order valence-corrected chi connectivity index (χ2v) is 13.9. The van der Waals surface area contributed by atoms with E-state index in [1.165, 1.54) is 116 Å². The third-order valence-electron chi connectivity index (χ3n) is 8.11. The molecule has 3 atom stereocenters. The molecule has 8 nitrogen and oxygen atoms in total. The first kappa shape index (κ1) is 43.2. The van der Waals surface area contributed by atoms with Gasteiger partial charge in [0.15, 0.2) is 0 Å². The molecule has 9 heteroatoms. The highest BCUT2D eigenvalue weighted by Crippen LogP contribution is 2.43. The number of carbonyl (C=O) groups excluding carboxylic acids is 1. The summed E-state index contributed by atoms with van der Waals surface area (Å²) in [6.45, 7) is 4.11. The molecule has 262 valence electrons. The molecule has 0 aliphatic carbocycles. The summed E-state index contributed by atoms with van der Waals surface area (Å²) in [6.07, 6.45) is 32.5. The van der Waals surface area contributed by atoms with Crippen molar-refractivity contribution >= 4 is 13.7 Å². The molecular formula is C35H71N2O6P. The maximum Gasteiger partial charge on any atom is 0.472 e. The zero-order valence-corrected chi connectivity index (χ0v) is 29.6. The summed E-state index contributed by atoms with van der Waals surface area (Å²) < 4.78 is 22.0. The Hall–Kier alpha value is -0.760. The molecule has 0 aromatic rings. The van der Waals surface area contributed by atoms with Crippen LogP contribution in [0.1, 0.15) is 174 Å². The van der Waals surface area contributed by atoms with Crippen LogP contribution in [0.5, 0.6) is 0 Å². The van der Waals surface area contributed by atoms with Gasteiger partial charge in [-0.3, -0.25) is 13.8 Å². The number of aliphatic hydroxyl groups is 1. The van der Waals surface area contributed by atoms with Crippen LogP contribution in [-0.4, -0.2) is 47.8 Å². The van der Waals surface area contributed by atoms with Gasteiger partial charge in [-0.05, 0) is 19.3 Å². The summed E-state index contributed by atoms with van der Waals surface area (Å²) in [5.41, 5.74) is 5.35. The van der Waals surface area contributed by atoms with Gasteiger partial charge in [0.1, 0.15) is 0 Å². The summed E-state index contributed by atoms with van der Waals surface area (Å²) in [4.78, 5) is 22.5. The molecule has 0 bridgehead atoms. The largest absolute Gasteiger partial charge is 0.472 e. The summed E-state index contributed by atoms with van der Waals surface area (Å²) in [5.74, 6) is -0.195. The van der Waals surface area contributed by atoms with Crippen molar-refractivity contribution in [2.24, 2.45) is 5.73 Å². The third kappa shape index (κ3) is 29.9. The molecule has 0 heterocycles. The highest BCUT2D eigenvalue weighted by molar-refractivity contribution is 7.47. The molecule has 0 radical (unpaired) electrons. The number of carbonyl (C=O) groups is 1. The van der Waals surface area contributed by atoms with E-state index in [0.717, 1.165) is 38.5 Å². The molecule has 0 rings (SSSR count). The SMILES string of the molecule is CCCCCCCCCCCC/C=C/[C@@H](O)[C@H](COP(=O)(O)OCCN)NC(=O)CCCCCCCCCCCCCCC. The molecule has 0 saturated heterocycles. The van der Waals surface area contributed by atoms with Crippen molar-refractivity contribution in [3.63, 3.8) is 0 Å². The van der Waals surface area contributed by atoms with Crippen molar-refractivity contribution in [2.75, 3.05) is 19.8 Å². The lowest BCUT2D eigenvalue weighted by Gasteiger charge is -2.23.